The molecule has 0 amide bonds. The van der Waals surface area contributed by atoms with Gasteiger partial charge in [-0.2, -0.15) is 5.10 Å². The van der Waals surface area contributed by atoms with Gasteiger partial charge in [0.25, 0.3) is 0 Å². The van der Waals surface area contributed by atoms with Crippen LogP contribution < -0.4 is 10.1 Å². The Hall–Kier alpha value is -1.03. The largest absolute Gasteiger partial charge is 0.481 e. The minimum Gasteiger partial charge on any atom is -0.481 e. The molecule has 0 bridgehead atoms. The zero-order valence-electron chi connectivity index (χ0n) is 11.1. The van der Waals surface area contributed by atoms with Gasteiger partial charge >= 0.3 is 0 Å². The minimum absolute atomic E-state index is 0.387. The highest BCUT2D eigenvalue weighted by molar-refractivity contribution is 5.19. The van der Waals surface area contributed by atoms with Crippen LogP contribution in [0.5, 0.6) is 5.88 Å². The Morgan fingerprint density at radius 1 is 1.53 bits per heavy atom. The molecule has 4 heteroatoms. The highest BCUT2D eigenvalue weighted by atomic mass is 16.5. The van der Waals surface area contributed by atoms with Crippen molar-refractivity contribution in [2.45, 2.75) is 38.6 Å². The van der Waals surface area contributed by atoms with Gasteiger partial charge in [0.15, 0.2) is 0 Å². The molecule has 0 aromatic carbocycles. The van der Waals surface area contributed by atoms with Gasteiger partial charge in [-0.1, -0.05) is 19.8 Å². The van der Waals surface area contributed by atoms with Crippen molar-refractivity contribution in [3.63, 3.8) is 0 Å². The van der Waals surface area contributed by atoms with Gasteiger partial charge in [0.05, 0.1) is 18.8 Å². The maximum atomic E-state index is 5.29. The third-order valence-electron chi connectivity index (χ3n) is 3.68. The molecule has 1 N–H and O–H groups in total. The standard InChI is InChI=1S/C13H23N3O/c1-4-14-13(10-7-5-6-8-10)11-9-12(17-3)16(2)15-11/h9-10,13-14H,4-8H2,1-3H3. The summed E-state index contributed by atoms with van der Waals surface area (Å²) in [6.45, 7) is 3.14. The molecule has 2 rings (SSSR count). The third-order valence-corrected chi connectivity index (χ3v) is 3.68. The number of hydrogen-bond donors (Lipinski definition) is 1. The number of rotatable bonds is 5. The van der Waals surface area contributed by atoms with E-state index in [1.54, 1.807) is 7.11 Å². The molecule has 96 valence electrons. The Morgan fingerprint density at radius 3 is 2.76 bits per heavy atom. The van der Waals surface area contributed by atoms with Crippen molar-refractivity contribution in [2.24, 2.45) is 13.0 Å². The van der Waals surface area contributed by atoms with Gasteiger partial charge in [0.1, 0.15) is 0 Å². The molecule has 4 nitrogen and oxygen atoms in total. The number of aryl methyl sites for hydroxylation is 1. The summed E-state index contributed by atoms with van der Waals surface area (Å²) >= 11 is 0. The Balaban J connectivity index is 2.18. The normalized spacial score (nSPS) is 18.5. The zero-order chi connectivity index (χ0) is 12.3. The van der Waals surface area contributed by atoms with Crippen molar-refractivity contribution in [2.75, 3.05) is 13.7 Å². The lowest BCUT2D eigenvalue weighted by atomic mass is 9.95. The Labute approximate surface area is 103 Å². The van der Waals surface area contributed by atoms with Crippen molar-refractivity contribution in [3.8, 4) is 5.88 Å². The number of aromatic nitrogens is 2. The molecule has 17 heavy (non-hydrogen) atoms. The van der Waals surface area contributed by atoms with Crippen LogP contribution in [0.4, 0.5) is 0 Å². The molecule has 1 heterocycles. The first-order chi connectivity index (χ1) is 8.26. The molecule has 0 radical (unpaired) electrons. The SMILES string of the molecule is CCNC(c1cc(OC)n(C)n1)C1CCCC1. The molecule has 1 aromatic heterocycles. The molecule has 1 saturated carbocycles. The summed E-state index contributed by atoms with van der Waals surface area (Å²) in [5.41, 5.74) is 1.12. The van der Waals surface area contributed by atoms with Crippen LogP contribution in [0.3, 0.4) is 0 Å². The van der Waals surface area contributed by atoms with Crippen LogP contribution in [0.1, 0.15) is 44.3 Å². The maximum Gasteiger partial charge on any atom is 0.211 e. The second-order valence-corrected chi connectivity index (χ2v) is 4.82. The van der Waals surface area contributed by atoms with Crippen LogP contribution >= 0.6 is 0 Å². The maximum absolute atomic E-state index is 5.29. The molecule has 0 spiro atoms. The van der Waals surface area contributed by atoms with Crippen LogP contribution in [-0.4, -0.2) is 23.4 Å². The van der Waals surface area contributed by atoms with Gasteiger partial charge in [-0.25, -0.2) is 4.68 Å². The molecule has 1 atom stereocenters. The number of hydrogen-bond acceptors (Lipinski definition) is 3. The summed E-state index contributed by atoms with van der Waals surface area (Å²) in [6.07, 6.45) is 5.35. The number of nitrogens with zero attached hydrogens (tertiary/aromatic N) is 2. The summed E-state index contributed by atoms with van der Waals surface area (Å²) in [5.74, 6) is 1.57. The van der Waals surface area contributed by atoms with E-state index >= 15 is 0 Å². The second-order valence-electron chi connectivity index (χ2n) is 4.82. The summed E-state index contributed by atoms with van der Waals surface area (Å²) in [6, 6.07) is 2.45. The quantitative estimate of drug-likeness (QED) is 0.854. The molecule has 0 saturated heterocycles. The smallest absolute Gasteiger partial charge is 0.211 e. The third kappa shape index (κ3) is 2.63. The van der Waals surface area contributed by atoms with E-state index in [9.17, 15) is 0 Å². The molecular weight excluding hydrogens is 214 g/mol. The van der Waals surface area contributed by atoms with E-state index in [-0.39, 0.29) is 0 Å². The lowest BCUT2D eigenvalue weighted by molar-refractivity contribution is 0.362. The number of ether oxygens (including phenoxy) is 1. The fourth-order valence-corrected chi connectivity index (χ4v) is 2.84. The number of methoxy groups -OCH3 is 1. The van der Waals surface area contributed by atoms with E-state index < -0.39 is 0 Å². The Kier molecular flexibility index (Phi) is 4.05. The Bertz CT molecular complexity index is 356. The molecule has 1 aliphatic rings. The fraction of sp³-hybridized carbons (Fsp3) is 0.769. The summed E-state index contributed by atoms with van der Waals surface area (Å²) in [5, 5.41) is 8.15. The predicted octanol–water partition coefficient (Wildman–Crippen LogP) is 2.27. The van der Waals surface area contributed by atoms with Gasteiger partial charge in [-0.3, -0.25) is 0 Å². The summed E-state index contributed by atoms with van der Waals surface area (Å²) in [4.78, 5) is 0. The van der Waals surface area contributed by atoms with E-state index in [1.807, 2.05) is 11.7 Å². The lowest BCUT2D eigenvalue weighted by Gasteiger charge is -2.22. The van der Waals surface area contributed by atoms with E-state index in [4.69, 9.17) is 4.74 Å². The molecular formula is C13H23N3O. The highest BCUT2D eigenvalue weighted by Crippen LogP contribution is 2.35. The molecule has 0 aliphatic heterocycles. The van der Waals surface area contributed by atoms with Crippen LogP contribution in [-0.2, 0) is 7.05 Å². The fourth-order valence-electron chi connectivity index (χ4n) is 2.84. The van der Waals surface area contributed by atoms with Crippen molar-refractivity contribution in [1.29, 1.82) is 0 Å². The van der Waals surface area contributed by atoms with E-state index in [0.29, 0.717) is 6.04 Å². The first-order valence-electron chi connectivity index (χ1n) is 6.57. The van der Waals surface area contributed by atoms with Gasteiger partial charge in [-0.15, -0.1) is 0 Å². The average molecular weight is 237 g/mol. The topological polar surface area (TPSA) is 39.1 Å². The van der Waals surface area contributed by atoms with Crippen molar-refractivity contribution in [1.82, 2.24) is 15.1 Å². The molecule has 1 fully saturated rings. The van der Waals surface area contributed by atoms with Crippen molar-refractivity contribution < 1.29 is 4.74 Å². The highest BCUT2D eigenvalue weighted by Gasteiger charge is 2.28. The van der Waals surface area contributed by atoms with Crippen LogP contribution in [0, 0.1) is 5.92 Å². The predicted molar refractivity (Wildman–Crippen MR) is 68.1 cm³/mol. The van der Waals surface area contributed by atoms with Crippen molar-refractivity contribution in [3.05, 3.63) is 11.8 Å². The van der Waals surface area contributed by atoms with Crippen LogP contribution in [0.25, 0.3) is 0 Å². The van der Waals surface area contributed by atoms with Crippen LogP contribution in [0.15, 0.2) is 6.07 Å². The van der Waals surface area contributed by atoms with Gasteiger partial charge in [0.2, 0.25) is 5.88 Å². The van der Waals surface area contributed by atoms with Gasteiger partial charge in [-0.05, 0) is 25.3 Å². The van der Waals surface area contributed by atoms with E-state index in [0.717, 1.165) is 24.0 Å². The summed E-state index contributed by atoms with van der Waals surface area (Å²) < 4.78 is 7.10. The van der Waals surface area contributed by atoms with E-state index in [1.165, 1.54) is 25.7 Å². The lowest BCUT2D eigenvalue weighted by Crippen LogP contribution is -2.27. The zero-order valence-corrected chi connectivity index (χ0v) is 11.1. The van der Waals surface area contributed by atoms with Crippen LogP contribution in [0.2, 0.25) is 0 Å². The van der Waals surface area contributed by atoms with Gasteiger partial charge in [0, 0.05) is 13.1 Å². The first-order valence-corrected chi connectivity index (χ1v) is 6.57. The first kappa shape index (κ1) is 12.4. The second kappa shape index (κ2) is 5.54. The molecule has 1 aromatic rings. The summed E-state index contributed by atoms with van der Waals surface area (Å²) in [7, 11) is 3.62. The van der Waals surface area contributed by atoms with Crippen molar-refractivity contribution >= 4 is 0 Å². The van der Waals surface area contributed by atoms with Gasteiger partial charge < -0.3 is 10.1 Å². The monoisotopic (exact) mass is 237 g/mol. The molecule has 1 unspecified atom stereocenters. The minimum atomic E-state index is 0.387. The average Bonchev–Trinajstić information content (AvgIpc) is 2.95. The number of nitrogens with one attached hydrogen (secondary N) is 1. The molecule has 1 aliphatic carbocycles. The Morgan fingerprint density at radius 2 is 2.24 bits per heavy atom. The van der Waals surface area contributed by atoms with E-state index in [2.05, 4.69) is 23.4 Å².